The summed E-state index contributed by atoms with van der Waals surface area (Å²) in [6.45, 7) is 2.17. The van der Waals surface area contributed by atoms with Crippen LogP contribution in [-0.4, -0.2) is 30.3 Å². The van der Waals surface area contributed by atoms with Crippen LogP contribution < -0.4 is 4.74 Å². The summed E-state index contributed by atoms with van der Waals surface area (Å²) < 4.78 is 11.4. The summed E-state index contributed by atoms with van der Waals surface area (Å²) in [6.07, 6.45) is 0.618. The molecular formula is C24H21BrO5. The number of ether oxygens (including phenoxy) is 2. The van der Waals surface area contributed by atoms with Gasteiger partial charge in [0.15, 0.2) is 0 Å². The highest BCUT2D eigenvalue weighted by atomic mass is 79.9. The van der Waals surface area contributed by atoms with Crippen LogP contribution in [0.3, 0.4) is 0 Å². The van der Waals surface area contributed by atoms with Gasteiger partial charge in [0.25, 0.3) is 0 Å². The number of benzene rings is 3. The van der Waals surface area contributed by atoms with Crippen molar-refractivity contribution in [3.63, 3.8) is 0 Å². The maximum atomic E-state index is 11.5. The van der Waals surface area contributed by atoms with Gasteiger partial charge in [-0.25, -0.2) is 4.79 Å². The average molecular weight is 469 g/mol. The first-order chi connectivity index (χ1) is 14.5. The molecule has 0 spiro atoms. The smallest absolute Gasteiger partial charge is 0.336 e. The molecule has 0 fully saturated rings. The Morgan fingerprint density at radius 3 is 2.23 bits per heavy atom. The molecule has 30 heavy (non-hydrogen) atoms. The Bertz CT molecular complexity index is 1040. The Morgan fingerprint density at radius 1 is 0.900 bits per heavy atom. The summed E-state index contributed by atoms with van der Waals surface area (Å²) in [5.41, 5.74) is 3.84. The number of hydrogen-bond donors (Lipinski definition) is 1. The summed E-state index contributed by atoms with van der Waals surface area (Å²) in [4.78, 5) is 22.2. The second kappa shape index (κ2) is 10.1. The van der Waals surface area contributed by atoms with E-state index in [-0.39, 0.29) is 11.5 Å². The van der Waals surface area contributed by atoms with Crippen LogP contribution in [0.1, 0.15) is 23.7 Å². The van der Waals surface area contributed by atoms with E-state index in [2.05, 4.69) is 15.9 Å². The molecule has 0 atom stereocenters. The first-order valence-corrected chi connectivity index (χ1v) is 10.2. The highest BCUT2D eigenvalue weighted by molar-refractivity contribution is 9.10. The van der Waals surface area contributed by atoms with Gasteiger partial charge in [0, 0.05) is 13.3 Å². The molecule has 3 aromatic rings. The number of carbonyl (C=O) groups is 2. The summed E-state index contributed by atoms with van der Waals surface area (Å²) >= 11 is 3.54. The molecular weight excluding hydrogens is 448 g/mol. The van der Waals surface area contributed by atoms with Gasteiger partial charge in [-0.1, -0.05) is 48.5 Å². The molecule has 5 nitrogen and oxygen atoms in total. The van der Waals surface area contributed by atoms with Gasteiger partial charge < -0.3 is 14.6 Å². The molecule has 0 aliphatic heterocycles. The lowest BCUT2D eigenvalue weighted by Gasteiger charge is -2.11. The monoisotopic (exact) mass is 468 g/mol. The molecule has 0 saturated heterocycles. The van der Waals surface area contributed by atoms with Crippen LogP contribution in [0.2, 0.25) is 0 Å². The van der Waals surface area contributed by atoms with Crippen molar-refractivity contribution < 1.29 is 24.2 Å². The number of carboxylic acids is 1. The van der Waals surface area contributed by atoms with E-state index in [0.717, 1.165) is 21.2 Å². The lowest BCUT2D eigenvalue weighted by atomic mass is 9.97. The predicted octanol–water partition coefficient (Wildman–Crippen LogP) is 5.81. The van der Waals surface area contributed by atoms with Crippen LogP contribution in [0.15, 0.2) is 71.2 Å². The Morgan fingerprint density at radius 2 is 1.57 bits per heavy atom. The van der Waals surface area contributed by atoms with Crippen LogP contribution in [0.5, 0.6) is 5.75 Å². The Hall–Kier alpha value is -3.12. The third kappa shape index (κ3) is 5.48. The standard InChI is InChI=1S/C24H21BrO5/c1-16(26)29-13-4-14-30-23-12-11-19(15-22(23)25)17-7-9-18(10-8-17)20-5-2-3-6-21(20)24(27)28/h2-3,5-12,15H,4,13-14H2,1H3,(H,27,28). The zero-order chi connectivity index (χ0) is 21.5. The van der Waals surface area contributed by atoms with Gasteiger partial charge >= 0.3 is 11.9 Å². The van der Waals surface area contributed by atoms with E-state index in [9.17, 15) is 14.7 Å². The number of rotatable bonds is 8. The highest BCUT2D eigenvalue weighted by Crippen LogP contribution is 2.32. The van der Waals surface area contributed by atoms with Gasteiger partial charge in [-0.2, -0.15) is 0 Å². The van der Waals surface area contributed by atoms with Gasteiger partial charge in [-0.05, 0) is 56.4 Å². The first kappa shape index (κ1) is 21.6. The van der Waals surface area contributed by atoms with Crippen molar-refractivity contribution in [2.75, 3.05) is 13.2 Å². The van der Waals surface area contributed by atoms with E-state index in [0.29, 0.717) is 30.9 Å². The third-order valence-electron chi connectivity index (χ3n) is 4.47. The second-order valence-corrected chi connectivity index (χ2v) is 7.47. The number of esters is 1. The normalized spacial score (nSPS) is 10.5. The molecule has 0 unspecified atom stereocenters. The summed E-state index contributed by atoms with van der Waals surface area (Å²) in [5, 5.41) is 9.39. The van der Waals surface area contributed by atoms with Crippen molar-refractivity contribution in [2.45, 2.75) is 13.3 Å². The van der Waals surface area contributed by atoms with Gasteiger partial charge in [-0.15, -0.1) is 0 Å². The van der Waals surface area contributed by atoms with Crippen LogP contribution in [-0.2, 0) is 9.53 Å². The Labute approximate surface area is 183 Å². The molecule has 0 radical (unpaired) electrons. The molecule has 0 aromatic heterocycles. The molecule has 154 valence electrons. The molecule has 3 aromatic carbocycles. The highest BCUT2D eigenvalue weighted by Gasteiger charge is 2.11. The predicted molar refractivity (Wildman–Crippen MR) is 119 cm³/mol. The van der Waals surface area contributed by atoms with Crippen LogP contribution in [0.25, 0.3) is 22.3 Å². The Kier molecular flexibility index (Phi) is 7.25. The largest absolute Gasteiger partial charge is 0.492 e. The molecule has 3 rings (SSSR count). The average Bonchev–Trinajstić information content (AvgIpc) is 2.74. The summed E-state index contributed by atoms with van der Waals surface area (Å²) in [6, 6.07) is 20.6. The third-order valence-corrected chi connectivity index (χ3v) is 5.09. The van der Waals surface area contributed by atoms with Gasteiger partial charge in [0.2, 0.25) is 0 Å². The minimum absolute atomic E-state index is 0.281. The van der Waals surface area contributed by atoms with Crippen molar-refractivity contribution in [3.05, 3.63) is 76.8 Å². The molecule has 1 N–H and O–H groups in total. The fraction of sp³-hybridized carbons (Fsp3) is 0.167. The van der Waals surface area contributed by atoms with Crippen molar-refractivity contribution in [2.24, 2.45) is 0 Å². The number of hydrogen-bond acceptors (Lipinski definition) is 4. The van der Waals surface area contributed by atoms with Gasteiger partial charge in [-0.3, -0.25) is 4.79 Å². The first-order valence-electron chi connectivity index (χ1n) is 9.44. The van der Waals surface area contributed by atoms with E-state index in [1.54, 1.807) is 12.1 Å². The fourth-order valence-electron chi connectivity index (χ4n) is 3.02. The topological polar surface area (TPSA) is 72.8 Å². The number of aromatic carboxylic acids is 1. The van der Waals surface area contributed by atoms with E-state index in [1.807, 2.05) is 54.6 Å². The van der Waals surface area contributed by atoms with Crippen molar-refractivity contribution in [1.29, 1.82) is 0 Å². The van der Waals surface area contributed by atoms with E-state index in [1.165, 1.54) is 6.92 Å². The van der Waals surface area contributed by atoms with Crippen LogP contribution in [0.4, 0.5) is 0 Å². The second-order valence-electron chi connectivity index (χ2n) is 6.62. The SMILES string of the molecule is CC(=O)OCCCOc1ccc(-c2ccc(-c3ccccc3C(=O)O)cc2)cc1Br. The molecule has 0 aliphatic rings. The quantitative estimate of drug-likeness (QED) is 0.333. The van der Waals surface area contributed by atoms with E-state index >= 15 is 0 Å². The van der Waals surface area contributed by atoms with Crippen LogP contribution in [0, 0.1) is 0 Å². The zero-order valence-electron chi connectivity index (χ0n) is 16.4. The minimum atomic E-state index is -0.943. The zero-order valence-corrected chi connectivity index (χ0v) is 18.0. The number of halogens is 1. The minimum Gasteiger partial charge on any atom is -0.492 e. The summed E-state index contributed by atoms with van der Waals surface area (Å²) in [5.74, 6) is -0.520. The Balaban J connectivity index is 1.70. The van der Waals surface area contributed by atoms with Gasteiger partial charge in [0.1, 0.15) is 5.75 Å². The lowest BCUT2D eigenvalue weighted by Crippen LogP contribution is -2.06. The fourth-order valence-corrected chi connectivity index (χ4v) is 3.51. The maximum Gasteiger partial charge on any atom is 0.336 e. The molecule has 6 heteroatoms. The summed E-state index contributed by atoms with van der Waals surface area (Å²) in [7, 11) is 0. The molecule has 0 bridgehead atoms. The van der Waals surface area contributed by atoms with E-state index < -0.39 is 5.97 Å². The lowest BCUT2D eigenvalue weighted by molar-refractivity contribution is -0.141. The molecule has 0 saturated carbocycles. The van der Waals surface area contributed by atoms with E-state index in [4.69, 9.17) is 9.47 Å². The number of carbonyl (C=O) groups excluding carboxylic acids is 1. The van der Waals surface area contributed by atoms with Crippen LogP contribution >= 0.6 is 15.9 Å². The number of carboxylic acid groups (broad SMARTS) is 1. The van der Waals surface area contributed by atoms with Crippen molar-refractivity contribution in [1.82, 2.24) is 0 Å². The molecule has 0 amide bonds. The maximum absolute atomic E-state index is 11.5. The molecule has 0 aliphatic carbocycles. The van der Waals surface area contributed by atoms with Gasteiger partial charge in [0.05, 0.1) is 23.2 Å². The molecule has 0 heterocycles. The van der Waals surface area contributed by atoms with Crippen molar-refractivity contribution >= 4 is 27.9 Å². The van der Waals surface area contributed by atoms with Crippen molar-refractivity contribution in [3.8, 4) is 28.0 Å².